The molecule has 1 saturated carbocycles. The van der Waals surface area contributed by atoms with Gasteiger partial charge in [-0.15, -0.1) is 0 Å². The number of aromatic amines is 1. The van der Waals surface area contributed by atoms with Crippen molar-refractivity contribution in [3.63, 3.8) is 0 Å². The molecule has 1 aliphatic rings. The molecule has 1 fully saturated rings. The Labute approximate surface area is 108 Å². The highest BCUT2D eigenvalue weighted by Crippen LogP contribution is 2.35. The molecular weight excluding hydrogens is 246 g/mol. The summed E-state index contributed by atoms with van der Waals surface area (Å²) in [4.78, 5) is 25.3. The fraction of sp³-hybridized carbons (Fsp3) is 0.385. The molecule has 2 aromatic rings. The first-order valence-electron chi connectivity index (χ1n) is 6.28. The number of aliphatic carboxylic acids is 1. The van der Waals surface area contributed by atoms with E-state index in [-0.39, 0.29) is 12.1 Å². The lowest BCUT2D eigenvalue weighted by Gasteiger charge is -2.09. The molecule has 1 unspecified atom stereocenters. The van der Waals surface area contributed by atoms with Crippen molar-refractivity contribution in [2.75, 3.05) is 0 Å². The number of hydrogen-bond donors (Lipinski definition) is 3. The van der Waals surface area contributed by atoms with Crippen LogP contribution in [0.3, 0.4) is 0 Å². The summed E-state index contributed by atoms with van der Waals surface area (Å²) in [6.07, 6.45) is 1.94. The van der Waals surface area contributed by atoms with Gasteiger partial charge in [0.15, 0.2) is 0 Å². The van der Waals surface area contributed by atoms with Crippen molar-refractivity contribution in [1.29, 1.82) is 0 Å². The molecule has 100 valence electrons. The van der Waals surface area contributed by atoms with Crippen LogP contribution in [0.5, 0.6) is 0 Å². The van der Waals surface area contributed by atoms with Gasteiger partial charge >= 0.3 is 11.7 Å². The maximum Gasteiger partial charge on any atom is 0.326 e. The topological polar surface area (TPSA) is 101 Å². The predicted molar refractivity (Wildman–Crippen MR) is 70.0 cm³/mol. The Morgan fingerprint density at radius 2 is 2.26 bits per heavy atom. The molecule has 1 aliphatic carbocycles. The van der Waals surface area contributed by atoms with Crippen molar-refractivity contribution in [2.24, 2.45) is 5.73 Å². The number of hydrogen-bond acceptors (Lipinski definition) is 3. The summed E-state index contributed by atoms with van der Waals surface area (Å²) in [7, 11) is 0. The maximum absolute atomic E-state index is 11.9. The Kier molecular flexibility index (Phi) is 2.67. The van der Waals surface area contributed by atoms with Gasteiger partial charge in [0, 0.05) is 12.1 Å². The summed E-state index contributed by atoms with van der Waals surface area (Å²) in [5.74, 6) is -0.934. The van der Waals surface area contributed by atoms with Gasteiger partial charge in [0.2, 0.25) is 0 Å². The van der Waals surface area contributed by atoms with Crippen LogP contribution in [-0.2, 0) is 4.79 Å². The van der Waals surface area contributed by atoms with Crippen molar-refractivity contribution in [3.05, 3.63) is 34.2 Å². The molecule has 0 radical (unpaired) electrons. The van der Waals surface area contributed by atoms with Gasteiger partial charge in [-0.25, -0.2) is 4.79 Å². The number of benzene rings is 1. The highest BCUT2D eigenvalue weighted by atomic mass is 16.4. The number of carboxylic acids is 1. The zero-order chi connectivity index (χ0) is 13.6. The van der Waals surface area contributed by atoms with Crippen LogP contribution >= 0.6 is 0 Å². The number of H-pyrrole nitrogens is 1. The molecule has 0 spiro atoms. The largest absolute Gasteiger partial charge is 0.481 e. The van der Waals surface area contributed by atoms with E-state index in [1.807, 2.05) is 6.07 Å². The molecule has 19 heavy (non-hydrogen) atoms. The van der Waals surface area contributed by atoms with E-state index in [9.17, 15) is 9.59 Å². The van der Waals surface area contributed by atoms with Crippen LogP contribution in [-0.4, -0.2) is 20.6 Å². The maximum atomic E-state index is 11.9. The fourth-order valence-corrected chi connectivity index (χ4v) is 2.38. The average Bonchev–Trinajstić information content (AvgIpc) is 3.10. The minimum atomic E-state index is -0.934. The molecule has 1 atom stereocenters. The minimum Gasteiger partial charge on any atom is -0.481 e. The first-order chi connectivity index (χ1) is 9.06. The summed E-state index contributed by atoms with van der Waals surface area (Å²) < 4.78 is 1.77. The molecule has 1 heterocycles. The fourth-order valence-electron chi connectivity index (χ4n) is 2.38. The molecule has 0 aliphatic heterocycles. The number of imidazole rings is 1. The summed E-state index contributed by atoms with van der Waals surface area (Å²) in [5, 5.41) is 8.75. The van der Waals surface area contributed by atoms with Gasteiger partial charge in [0.25, 0.3) is 0 Å². The highest BCUT2D eigenvalue weighted by Gasteiger charge is 2.27. The summed E-state index contributed by atoms with van der Waals surface area (Å²) >= 11 is 0. The van der Waals surface area contributed by atoms with Crippen molar-refractivity contribution in [3.8, 4) is 0 Å². The third kappa shape index (κ3) is 2.15. The molecule has 4 N–H and O–H groups in total. The van der Waals surface area contributed by atoms with E-state index in [1.54, 1.807) is 16.7 Å². The number of nitrogens with two attached hydrogens (primary N) is 1. The highest BCUT2D eigenvalue weighted by molar-refractivity contribution is 5.77. The predicted octanol–water partition coefficient (Wildman–Crippen LogP) is 1.14. The number of carboxylic acid groups (broad SMARTS) is 1. The van der Waals surface area contributed by atoms with Crippen LogP contribution < -0.4 is 11.4 Å². The SMILES string of the molecule is NC(CC(=O)O)c1ccc2c(c1)[nH]c(=O)n2C1CC1. The summed E-state index contributed by atoms with van der Waals surface area (Å²) in [6, 6.07) is 5.14. The van der Waals surface area contributed by atoms with Crippen LogP contribution in [0.2, 0.25) is 0 Å². The normalized spacial score (nSPS) is 16.7. The monoisotopic (exact) mass is 261 g/mol. The first kappa shape index (κ1) is 12.0. The van der Waals surface area contributed by atoms with E-state index in [0.29, 0.717) is 6.04 Å². The van der Waals surface area contributed by atoms with E-state index in [0.717, 1.165) is 29.4 Å². The third-order valence-corrected chi connectivity index (χ3v) is 3.48. The van der Waals surface area contributed by atoms with Crippen molar-refractivity contribution >= 4 is 17.0 Å². The zero-order valence-corrected chi connectivity index (χ0v) is 10.3. The van der Waals surface area contributed by atoms with Crippen LogP contribution in [0.4, 0.5) is 0 Å². The smallest absolute Gasteiger partial charge is 0.326 e. The lowest BCUT2D eigenvalue weighted by Crippen LogP contribution is -2.15. The van der Waals surface area contributed by atoms with Gasteiger partial charge in [-0.2, -0.15) is 0 Å². The second-order valence-corrected chi connectivity index (χ2v) is 5.01. The van der Waals surface area contributed by atoms with Crippen molar-refractivity contribution < 1.29 is 9.90 Å². The second kappa shape index (κ2) is 4.24. The standard InChI is InChI=1S/C13H15N3O3/c14-9(6-12(17)18)7-1-4-11-10(5-7)15-13(19)16(11)8-2-3-8/h1,4-5,8-9H,2-3,6,14H2,(H,15,19)(H,17,18). The van der Waals surface area contributed by atoms with Crippen LogP contribution in [0.15, 0.2) is 23.0 Å². The van der Waals surface area contributed by atoms with Crippen LogP contribution in [0, 0.1) is 0 Å². The van der Waals surface area contributed by atoms with Gasteiger partial charge in [-0.05, 0) is 30.5 Å². The molecule has 6 heteroatoms. The van der Waals surface area contributed by atoms with E-state index < -0.39 is 12.0 Å². The average molecular weight is 261 g/mol. The molecule has 0 bridgehead atoms. The minimum absolute atomic E-state index is 0.110. The zero-order valence-electron chi connectivity index (χ0n) is 10.3. The quantitative estimate of drug-likeness (QED) is 0.768. The molecule has 0 amide bonds. The Balaban J connectivity index is 2.02. The van der Waals surface area contributed by atoms with Crippen molar-refractivity contribution in [2.45, 2.75) is 31.3 Å². The van der Waals surface area contributed by atoms with Gasteiger partial charge in [0.05, 0.1) is 17.5 Å². The Hall–Kier alpha value is -2.08. The van der Waals surface area contributed by atoms with Crippen LogP contribution in [0.1, 0.15) is 36.9 Å². The van der Waals surface area contributed by atoms with Gasteiger partial charge in [-0.1, -0.05) is 6.07 Å². The molecule has 6 nitrogen and oxygen atoms in total. The molecule has 1 aromatic heterocycles. The number of aromatic nitrogens is 2. The number of carbonyl (C=O) groups is 1. The van der Waals surface area contributed by atoms with E-state index in [2.05, 4.69) is 4.98 Å². The second-order valence-electron chi connectivity index (χ2n) is 5.01. The first-order valence-corrected chi connectivity index (χ1v) is 6.28. The number of fused-ring (bicyclic) bond motifs is 1. The number of rotatable bonds is 4. The number of nitrogens with zero attached hydrogens (tertiary/aromatic N) is 1. The molecular formula is C13H15N3O3. The van der Waals surface area contributed by atoms with Gasteiger partial charge in [-0.3, -0.25) is 9.36 Å². The van der Waals surface area contributed by atoms with Crippen molar-refractivity contribution in [1.82, 2.24) is 9.55 Å². The van der Waals surface area contributed by atoms with E-state index in [1.165, 1.54) is 0 Å². The van der Waals surface area contributed by atoms with E-state index >= 15 is 0 Å². The molecule has 1 aromatic carbocycles. The number of nitrogens with one attached hydrogen (secondary N) is 1. The van der Waals surface area contributed by atoms with Gasteiger partial charge in [0.1, 0.15) is 0 Å². The Morgan fingerprint density at radius 1 is 1.53 bits per heavy atom. The van der Waals surface area contributed by atoms with Crippen LogP contribution in [0.25, 0.3) is 11.0 Å². The molecule has 3 rings (SSSR count). The molecule has 0 saturated heterocycles. The lowest BCUT2D eigenvalue weighted by atomic mass is 10.0. The third-order valence-electron chi connectivity index (χ3n) is 3.48. The Bertz CT molecular complexity index is 697. The lowest BCUT2D eigenvalue weighted by molar-refractivity contribution is -0.137. The summed E-state index contributed by atoms with van der Waals surface area (Å²) in [5.41, 5.74) is 8.01. The Morgan fingerprint density at radius 3 is 2.89 bits per heavy atom. The van der Waals surface area contributed by atoms with E-state index in [4.69, 9.17) is 10.8 Å². The summed E-state index contributed by atoms with van der Waals surface area (Å²) in [6.45, 7) is 0. The van der Waals surface area contributed by atoms with Gasteiger partial charge < -0.3 is 15.8 Å².